The van der Waals surface area contributed by atoms with Gasteiger partial charge in [0.25, 0.3) is 23.0 Å². The zero-order valence-corrected chi connectivity index (χ0v) is 80.0. The van der Waals surface area contributed by atoms with E-state index in [1.165, 1.54) is 80.2 Å². The van der Waals surface area contributed by atoms with Crippen LogP contribution < -0.4 is 45.9 Å². The molecule has 7 aromatic carbocycles. The van der Waals surface area contributed by atoms with E-state index >= 15 is 0 Å². The van der Waals surface area contributed by atoms with E-state index in [4.69, 9.17) is 41.0 Å². The largest absolute Gasteiger partial charge is 1.00 e. The Morgan fingerprint density at radius 1 is 0.475 bits per heavy atom. The van der Waals surface area contributed by atoms with Gasteiger partial charge in [-0.1, -0.05) is 57.3 Å². The van der Waals surface area contributed by atoms with Crippen molar-refractivity contribution in [2.75, 3.05) is 54.6 Å². The summed E-state index contributed by atoms with van der Waals surface area (Å²) in [7, 11) is 5.20. The zero-order chi connectivity index (χ0) is 98.7. The SMILES string of the molecule is CC(C)(C)OC(=O)OC(=O)OC(C)(C)C.COC(=O)C(CN(C(=O)OC(C)(C)C)[C@@H]1C[C@H]1c1ccc(F)cc1)NC(=O)c1ccc(-n2ccnn2)cc1.COC(=O)C(CN[C@@H]1C[C@H]1c1ccc(F)cc1)NC(=O)c1ccc(-n2ccnn2)cc1.COC(=O)C1CN1.COC(=O)C1CN1C(=O)c1ccc(-n2ccnn2)cc1.Cl.N[C@H]1C[C@@H]1c1ccc(F)cc1.O=C(Cl)c1ccc(-n2ccnn2)cc1.[Li+].[OH-]. The van der Waals surface area contributed by atoms with Gasteiger partial charge in [0.15, 0.2) is 0 Å². The number of nitrogens with two attached hydrogens (primary N) is 1. The van der Waals surface area contributed by atoms with Gasteiger partial charge in [-0.05, 0) is 243 Å². The summed E-state index contributed by atoms with van der Waals surface area (Å²) >= 11 is 5.31. The van der Waals surface area contributed by atoms with Crippen LogP contribution in [0.5, 0.6) is 0 Å². The molecule has 2 aliphatic heterocycles. The molecule has 4 aromatic heterocycles. The molecule has 734 valence electrons. The molecule has 0 spiro atoms. The van der Waals surface area contributed by atoms with Crippen molar-refractivity contribution in [3.63, 3.8) is 0 Å². The van der Waals surface area contributed by atoms with E-state index in [2.05, 4.69) is 76.7 Å². The monoisotopic (exact) mass is 1960 g/mol. The predicted octanol–water partition coefficient (Wildman–Crippen LogP) is 8.10. The Hall–Kier alpha value is -14.1. The summed E-state index contributed by atoms with van der Waals surface area (Å²) in [5, 5.41) is 41.4. The molecule has 11 aromatic rings. The maximum Gasteiger partial charge on any atom is 1.00 e. The van der Waals surface area contributed by atoms with Crippen LogP contribution in [0.1, 0.15) is 157 Å². The molecule has 10 atom stereocenters. The number of aromatic nitrogens is 12. The van der Waals surface area contributed by atoms with E-state index in [1.54, 1.807) is 252 Å². The van der Waals surface area contributed by atoms with Crippen molar-refractivity contribution in [2.24, 2.45) is 5.73 Å². The fraction of sp³-hybridized carbons (Fsp3) is 0.351. The molecule has 2 saturated heterocycles. The second kappa shape index (κ2) is 51.9. The summed E-state index contributed by atoms with van der Waals surface area (Å²) in [5.41, 5.74) is 11.4. The molecule has 4 unspecified atom stereocenters. The molecule has 45 heteroatoms. The number of carbonyl (C=O) groups excluding carboxylic acids is 11. The van der Waals surface area contributed by atoms with Crippen molar-refractivity contribution < 1.29 is 128 Å². The first-order valence-electron chi connectivity index (χ1n) is 42.6. The van der Waals surface area contributed by atoms with Gasteiger partial charge >= 0.3 is 61.1 Å². The van der Waals surface area contributed by atoms with Crippen LogP contribution in [0.15, 0.2) is 219 Å². The molecule has 0 radical (unpaired) electrons. The van der Waals surface area contributed by atoms with Crippen molar-refractivity contribution in [2.45, 2.75) is 158 Å². The summed E-state index contributed by atoms with van der Waals surface area (Å²) in [6.07, 6.45) is 12.9. The van der Waals surface area contributed by atoms with Crippen LogP contribution in [0.25, 0.3) is 22.7 Å². The van der Waals surface area contributed by atoms with Crippen LogP contribution in [0.4, 0.5) is 27.6 Å². The summed E-state index contributed by atoms with van der Waals surface area (Å²) < 4.78 is 83.4. The van der Waals surface area contributed by atoms with Crippen LogP contribution in [0.2, 0.25) is 0 Å². The first-order valence-corrected chi connectivity index (χ1v) is 43.0. The molecule has 6 heterocycles. The van der Waals surface area contributed by atoms with Gasteiger partial charge < -0.3 is 80.2 Å². The van der Waals surface area contributed by atoms with Crippen LogP contribution in [-0.2, 0) is 57.1 Å². The molecular weight excluding hydrogens is 1850 g/mol. The van der Waals surface area contributed by atoms with Crippen molar-refractivity contribution >= 4 is 89.3 Å². The molecule has 39 nitrogen and oxygen atoms in total. The third-order valence-electron chi connectivity index (χ3n) is 20.3. The Morgan fingerprint density at radius 2 is 0.827 bits per heavy atom. The summed E-state index contributed by atoms with van der Waals surface area (Å²) in [6.45, 7) is 16.5. The molecule has 16 rings (SSSR count). The number of amides is 4. The van der Waals surface area contributed by atoms with Crippen LogP contribution >= 0.6 is 24.0 Å². The quantitative estimate of drug-likeness (QED) is 0.0101. The van der Waals surface area contributed by atoms with Gasteiger partial charge in [0.1, 0.15) is 58.4 Å². The minimum absolute atomic E-state index is 0. The number of halogens is 5. The van der Waals surface area contributed by atoms with E-state index in [0.29, 0.717) is 52.9 Å². The van der Waals surface area contributed by atoms with Gasteiger partial charge in [-0.2, -0.15) is 0 Å². The van der Waals surface area contributed by atoms with E-state index in [-0.39, 0.29) is 121 Å². The fourth-order valence-electron chi connectivity index (χ4n) is 12.9. The van der Waals surface area contributed by atoms with Crippen molar-refractivity contribution in [3.05, 3.63) is 276 Å². The Balaban J connectivity index is 0.000000233. The van der Waals surface area contributed by atoms with Gasteiger partial charge in [-0.25, -0.2) is 60.7 Å². The predicted molar refractivity (Wildman–Crippen MR) is 493 cm³/mol. The van der Waals surface area contributed by atoms with Crippen molar-refractivity contribution in [3.8, 4) is 22.7 Å². The number of nitrogens with one attached hydrogen (secondary N) is 4. The number of nitrogens with zero attached hydrogens (tertiary/aromatic N) is 14. The third kappa shape index (κ3) is 35.7. The first kappa shape index (κ1) is 112. The third-order valence-corrected chi connectivity index (χ3v) is 20.5. The molecule has 5 aliphatic rings. The Labute approximate surface area is 821 Å². The average molecular weight is 1960 g/mol. The fourth-order valence-corrected chi connectivity index (χ4v) is 13.1. The molecular formula is C94H107Cl2F3LiN19O20. The first-order chi connectivity index (χ1) is 64.7. The molecule has 139 heavy (non-hydrogen) atoms. The van der Waals surface area contributed by atoms with Gasteiger partial charge in [-0.3, -0.25) is 24.0 Å². The number of carbonyl (C=O) groups is 11. The normalized spacial score (nSPS) is 17.1. The number of hydrogen-bond donors (Lipinski definition) is 5. The second-order valence-electron chi connectivity index (χ2n) is 34.0. The van der Waals surface area contributed by atoms with E-state index in [0.717, 1.165) is 47.6 Å². The summed E-state index contributed by atoms with van der Waals surface area (Å²) in [5.74, 6) is -2.94. The number of esters is 4. The Kier molecular flexibility index (Phi) is 41.8. The molecule has 5 fully saturated rings. The minimum Gasteiger partial charge on any atom is -0.870 e. The minimum atomic E-state index is -1.15. The summed E-state index contributed by atoms with van der Waals surface area (Å²) in [6, 6.07) is 44.0. The molecule has 7 N–H and O–H groups in total. The van der Waals surface area contributed by atoms with E-state index in [9.17, 15) is 65.9 Å². The molecule has 3 aliphatic carbocycles. The standard InChI is InChI=1S/C27H30FN5O5.C22H22FN5O3.C13H12N4O3.C10H18O5.C9H6ClN3O.C9H10FN.C4H7NO2.ClH.Li.H2O/c1-27(2,3)38-26(36)32(23-15-21(23)17-5-9-19(28)10-6-17)16-22(25(35)37-4)30-24(34)18-7-11-20(12-8-18)33-14-13-29-31-33;1-31-22(30)20(13-24-19-12-18(19)14-2-6-16(23)7-3-14)26-21(29)15-4-8-17(9-5-15)28-11-10-25-27-28;1-20-13(19)11-8-16(11)12(18)9-2-4-10(5-3-9)17-7-6-14-15-17;1-9(2,3)14-7(11)13-8(12)15-10(4,5)6;10-9(14)7-1-3-8(4-2-7)13-6-5-11-12-13;10-7-3-1-6(2-4-7)8-5-9(8)11;1-7-4(6)3-2-5-3;;;/h5-14,21-23H,15-16H2,1-4H3,(H,30,34);2-11,18-20,24H,12-13H2,1H3,(H,26,29);2-7,11H,8H2,1H3;1-6H3;1-6H;1-4,8-9H,5,11H2;3,5H,2H2,1H3;1H;;1H2/q;;;;;;;;+1;/p-1/t21-,22?,23+;18-,19+,20?;;;;8-,9+;;;;/m00...1..../s1. The number of methoxy groups -OCH3 is 4. The number of benzene rings is 7. The maximum absolute atomic E-state index is 13.4. The van der Waals surface area contributed by atoms with Crippen molar-refractivity contribution in [1.29, 1.82) is 0 Å². The van der Waals surface area contributed by atoms with Gasteiger partial charge in [-0.15, -0.1) is 32.8 Å². The van der Waals surface area contributed by atoms with Crippen LogP contribution in [0.3, 0.4) is 0 Å². The number of rotatable bonds is 23. The van der Waals surface area contributed by atoms with Gasteiger partial charge in [0, 0.05) is 71.2 Å². The smallest absolute Gasteiger partial charge is 0.870 e. The van der Waals surface area contributed by atoms with Gasteiger partial charge in [0.05, 0.1) is 114 Å². The Morgan fingerprint density at radius 3 is 1.16 bits per heavy atom. The van der Waals surface area contributed by atoms with Gasteiger partial charge in [0.2, 0.25) is 0 Å². The zero-order valence-electron chi connectivity index (χ0n) is 78.5. The van der Waals surface area contributed by atoms with Crippen LogP contribution in [0, 0.1) is 17.5 Å². The average Bonchev–Trinajstić information content (AvgIpc) is 1.62. The molecule has 3 saturated carbocycles. The van der Waals surface area contributed by atoms with Crippen LogP contribution in [-0.4, -0.2) is 254 Å². The topological polar surface area (TPSA) is 505 Å². The molecule has 0 bridgehead atoms. The Bertz CT molecular complexity index is 5790. The number of hydrogen-bond acceptors (Lipinski definition) is 31. The second-order valence-corrected chi connectivity index (χ2v) is 34.4. The number of ether oxygens (including phenoxy) is 8. The maximum atomic E-state index is 13.4. The van der Waals surface area contributed by atoms with E-state index in [1.807, 2.05) is 12.1 Å². The van der Waals surface area contributed by atoms with E-state index < -0.39 is 76.4 Å². The van der Waals surface area contributed by atoms with Crippen molar-refractivity contribution in [1.82, 2.24) is 91.0 Å². The molecule has 4 amide bonds. The summed E-state index contributed by atoms with van der Waals surface area (Å²) in [4.78, 5) is 133.